The van der Waals surface area contributed by atoms with Crippen molar-refractivity contribution in [3.05, 3.63) is 65.7 Å². The standard InChI is InChI=1S/C21H22N4O2S/c1-4-28-21-23-20-22-16(15-10-11-18(26-2)19(12-15)27-3)13-17(25(20)24-21)14-8-6-5-7-9-14/h5-13,17H,4H2,1-3H3,(H,22,23,24)/t17-/m1/s1. The smallest absolute Gasteiger partial charge is 0.227 e. The van der Waals surface area contributed by atoms with Gasteiger partial charge in [0.2, 0.25) is 11.1 Å². The van der Waals surface area contributed by atoms with Gasteiger partial charge in [-0.2, -0.15) is 4.98 Å². The summed E-state index contributed by atoms with van der Waals surface area (Å²) in [6.07, 6.45) is 2.17. The van der Waals surface area contributed by atoms with Crippen molar-refractivity contribution >= 4 is 23.4 Å². The molecule has 0 amide bonds. The predicted octanol–water partition coefficient (Wildman–Crippen LogP) is 4.46. The van der Waals surface area contributed by atoms with Gasteiger partial charge in [0.1, 0.15) is 6.04 Å². The lowest BCUT2D eigenvalue weighted by molar-refractivity contribution is 0.355. The summed E-state index contributed by atoms with van der Waals surface area (Å²) in [5, 5.41) is 8.90. The number of thioether (sulfide) groups is 1. The normalized spacial score (nSPS) is 15.4. The molecule has 0 saturated heterocycles. The zero-order valence-electron chi connectivity index (χ0n) is 16.0. The van der Waals surface area contributed by atoms with Crippen LogP contribution in [-0.2, 0) is 0 Å². The second-order valence-corrected chi connectivity index (χ2v) is 7.46. The molecule has 28 heavy (non-hydrogen) atoms. The molecule has 1 aliphatic heterocycles. The third-order valence-corrected chi connectivity index (χ3v) is 5.28. The van der Waals surface area contributed by atoms with E-state index in [1.54, 1.807) is 26.0 Å². The quantitative estimate of drug-likeness (QED) is 0.623. The molecule has 144 valence electrons. The van der Waals surface area contributed by atoms with Gasteiger partial charge in [-0.3, -0.25) is 0 Å². The van der Waals surface area contributed by atoms with Crippen LogP contribution in [0.2, 0.25) is 0 Å². The van der Waals surface area contributed by atoms with Gasteiger partial charge in [-0.1, -0.05) is 49.0 Å². The van der Waals surface area contributed by atoms with Gasteiger partial charge in [0.05, 0.1) is 14.2 Å². The first-order valence-corrected chi connectivity index (χ1v) is 10.1. The maximum atomic E-state index is 5.47. The Labute approximate surface area is 168 Å². The van der Waals surface area contributed by atoms with Crippen molar-refractivity contribution in [3.63, 3.8) is 0 Å². The van der Waals surface area contributed by atoms with Crippen LogP contribution in [0.15, 0.2) is 59.8 Å². The summed E-state index contributed by atoms with van der Waals surface area (Å²) in [4.78, 5) is 4.68. The summed E-state index contributed by atoms with van der Waals surface area (Å²) in [7, 11) is 3.28. The van der Waals surface area contributed by atoms with Crippen molar-refractivity contribution in [2.45, 2.75) is 18.1 Å². The molecular formula is C21H22N4O2S. The summed E-state index contributed by atoms with van der Waals surface area (Å²) in [6.45, 7) is 2.10. The van der Waals surface area contributed by atoms with E-state index in [0.29, 0.717) is 11.5 Å². The van der Waals surface area contributed by atoms with E-state index >= 15 is 0 Å². The highest BCUT2D eigenvalue weighted by Gasteiger charge is 2.25. The van der Waals surface area contributed by atoms with E-state index in [9.17, 15) is 0 Å². The molecule has 0 bridgehead atoms. The Kier molecular flexibility index (Phi) is 5.25. The van der Waals surface area contributed by atoms with Crippen molar-refractivity contribution in [2.24, 2.45) is 0 Å². The van der Waals surface area contributed by atoms with Crippen molar-refractivity contribution < 1.29 is 9.47 Å². The number of aromatic nitrogens is 3. The largest absolute Gasteiger partial charge is 0.493 e. The first kappa shape index (κ1) is 18.4. The molecule has 1 N–H and O–H groups in total. The SMILES string of the molecule is CCSc1nc2n(n1)[C@@H](c1ccccc1)C=C(c1ccc(OC)c(OC)c1)N2. The Morgan fingerprint density at radius 3 is 2.57 bits per heavy atom. The first-order valence-electron chi connectivity index (χ1n) is 9.09. The number of methoxy groups -OCH3 is 2. The Morgan fingerprint density at radius 1 is 1.07 bits per heavy atom. The third kappa shape index (κ3) is 3.45. The van der Waals surface area contributed by atoms with Gasteiger partial charge in [-0.25, -0.2) is 4.68 Å². The van der Waals surface area contributed by atoms with Crippen LogP contribution < -0.4 is 14.8 Å². The highest BCUT2D eigenvalue weighted by atomic mass is 32.2. The minimum Gasteiger partial charge on any atom is -0.493 e. The fourth-order valence-corrected chi connectivity index (χ4v) is 3.78. The molecule has 6 nitrogen and oxygen atoms in total. The average molecular weight is 395 g/mol. The maximum Gasteiger partial charge on any atom is 0.227 e. The number of hydrogen-bond acceptors (Lipinski definition) is 6. The predicted molar refractivity (Wildman–Crippen MR) is 112 cm³/mol. The highest BCUT2D eigenvalue weighted by molar-refractivity contribution is 7.99. The summed E-state index contributed by atoms with van der Waals surface area (Å²) >= 11 is 1.63. The fraction of sp³-hybridized carbons (Fsp3) is 0.238. The van der Waals surface area contributed by atoms with Crippen LogP contribution in [0.3, 0.4) is 0 Å². The molecule has 0 fully saturated rings. The Bertz CT molecular complexity index is 1000. The molecule has 1 aromatic heterocycles. The van der Waals surface area contributed by atoms with Crippen LogP contribution in [-0.4, -0.2) is 34.7 Å². The van der Waals surface area contributed by atoms with Crippen LogP contribution in [0.1, 0.15) is 24.1 Å². The molecule has 4 rings (SSSR count). The molecule has 2 heterocycles. The number of hydrogen-bond donors (Lipinski definition) is 1. The zero-order valence-corrected chi connectivity index (χ0v) is 16.9. The molecular weight excluding hydrogens is 372 g/mol. The average Bonchev–Trinajstić information content (AvgIpc) is 3.16. The lowest BCUT2D eigenvalue weighted by Gasteiger charge is -2.24. The van der Waals surface area contributed by atoms with Crippen LogP contribution in [0.5, 0.6) is 11.5 Å². The minimum absolute atomic E-state index is 0.0424. The molecule has 0 spiro atoms. The molecule has 3 aromatic rings. The summed E-state index contributed by atoms with van der Waals surface area (Å²) < 4.78 is 12.8. The van der Waals surface area contributed by atoms with E-state index in [1.807, 2.05) is 41.1 Å². The highest BCUT2D eigenvalue weighted by Crippen LogP contribution is 2.36. The van der Waals surface area contributed by atoms with Crippen LogP contribution >= 0.6 is 11.8 Å². The van der Waals surface area contributed by atoms with Crippen molar-refractivity contribution in [1.29, 1.82) is 0 Å². The third-order valence-electron chi connectivity index (χ3n) is 4.56. The van der Waals surface area contributed by atoms with Crippen molar-refractivity contribution in [2.75, 3.05) is 25.3 Å². The second-order valence-electron chi connectivity index (χ2n) is 6.23. The monoisotopic (exact) mass is 394 g/mol. The summed E-state index contributed by atoms with van der Waals surface area (Å²) in [5.74, 6) is 3.05. The van der Waals surface area contributed by atoms with Crippen molar-refractivity contribution in [3.8, 4) is 11.5 Å². The zero-order chi connectivity index (χ0) is 19.5. The Morgan fingerprint density at radius 2 is 1.86 bits per heavy atom. The number of anilines is 1. The van der Waals surface area contributed by atoms with E-state index in [-0.39, 0.29) is 6.04 Å². The number of nitrogens with one attached hydrogen (secondary N) is 1. The van der Waals surface area contributed by atoms with Gasteiger partial charge in [0.25, 0.3) is 0 Å². The summed E-state index contributed by atoms with van der Waals surface area (Å²) in [6, 6.07) is 16.2. The number of ether oxygens (including phenoxy) is 2. The van der Waals surface area contributed by atoms with E-state index < -0.39 is 0 Å². The molecule has 0 radical (unpaired) electrons. The van der Waals surface area contributed by atoms with Gasteiger partial charge in [0, 0.05) is 11.3 Å². The van der Waals surface area contributed by atoms with E-state index in [2.05, 4.69) is 35.4 Å². The lowest BCUT2D eigenvalue weighted by atomic mass is 10.0. The minimum atomic E-state index is -0.0424. The number of allylic oxidation sites excluding steroid dienone is 1. The first-order chi connectivity index (χ1) is 13.7. The number of nitrogens with zero attached hydrogens (tertiary/aromatic N) is 3. The maximum absolute atomic E-state index is 5.47. The van der Waals surface area contributed by atoms with Crippen molar-refractivity contribution in [1.82, 2.24) is 14.8 Å². The van der Waals surface area contributed by atoms with E-state index in [0.717, 1.165) is 33.7 Å². The molecule has 1 atom stereocenters. The topological polar surface area (TPSA) is 61.2 Å². The molecule has 2 aromatic carbocycles. The van der Waals surface area contributed by atoms with Gasteiger partial charge >= 0.3 is 0 Å². The number of rotatable bonds is 6. The van der Waals surface area contributed by atoms with Gasteiger partial charge in [0.15, 0.2) is 11.5 Å². The Balaban J connectivity index is 1.79. The molecule has 0 aliphatic carbocycles. The van der Waals surface area contributed by atoms with E-state index in [4.69, 9.17) is 14.6 Å². The number of benzene rings is 2. The molecule has 7 heteroatoms. The lowest BCUT2D eigenvalue weighted by Crippen LogP contribution is -2.20. The van der Waals surface area contributed by atoms with Gasteiger partial charge in [-0.05, 0) is 35.6 Å². The fourth-order valence-electron chi connectivity index (χ4n) is 3.22. The molecule has 0 saturated carbocycles. The van der Waals surface area contributed by atoms with E-state index in [1.165, 1.54) is 0 Å². The molecule has 0 unspecified atom stereocenters. The van der Waals surface area contributed by atoms with Crippen LogP contribution in [0.4, 0.5) is 5.95 Å². The molecule has 1 aliphatic rings. The van der Waals surface area contributed by atoms with Crippen LogP contribution in [0, 0.1) is 0 Å². The van der Waals surface area contributed by atoms with Gasteiger partial charge < -0.3 is 14.8 Å². The Hall–Kier alpha value is -2.93. The van der Waals surface area contributed by atoms with Gasteiger partial charge in [-0.15, -0.1) is 5.10 Å². The van der Waals surface area contributed by atoms with Crippen LogP contribution in [0.25, 0.3) is 5.70 Å². The summed E-state index contributed by atoms with van der Waals surface area (Å²) in [5.41, 5.74) is 3.11. The second kappa shape index (κ2) is 7.98. The number of fused-ring (bicyclic) bond motifs is 1.